The van der Waals surface area contributed by atoms with Crippen LogP contribution in [0.2, 0.25) is 0 Å². The molecule has 1 heterocycles. The van der Waals surface area contributed by atoms with Crippen LogP contribution >= 0.6 is 15.9 Å². The van der Waals surface area contributed by atoms with Gasteiger partial charge in [0, 0.05) is 43.6 Å². The summed E-state index contributed by atoms with van der Waals surface area (Å²) in [6.07, 6.45) is 3.54. The van der Waals surface area contributed by atoms with Gasteiger partial charge in [-0.25, -0.2) is 0 Å². The van der Waals surface area contributed by atoms with Crippen LogP contribution in [0.4, 0.5) is 0 Å². The van der Waals surface area contributed by atoms with E-state index in [1.165, 1.54) is 24.0 Å². The number of alkyl halides is 1. The molecule has 1 aromatic carbocycles. The van der Waals surface area contributed by atoms with Crippen molar-refractivity contribution < 1.29 is 4.79 Å². The smallest absolute Gasteiger partial charge is 0.253 e. The molecule has 1 amide bonds. The maximum absolute atomic E-state index is 12.6. The van der Waals surface area contributed by atoms with Gasteiger partial charge in [-0.1, -0.05) is 22.0 Å². The molecule has 0 spiro atoms. The van der Waals surface area contributed by atoms with Gasteiger partial charge in [-0.2, -0.15) is 0 Å². The van der Waals surface area contributed by atoms with Gasteiger partial charge in [0.05, 0.1) is 0 Å². The van der Waals surface area contributed by atoms with Gasteiger partial charge in [0.2, 0.25) is 0 Å². The van der Waals surface area contributed by atoms with E-state index < -0.39 is 0 Å². The minimum atomic E-state index is 0.207. The van der Waals surface area contributed by atoms with Crippen LogP contribution in [0, 0.1) is 0 Å². The zero-order chi connectivity index (χ0) is 13.9. The fraction of sp³-hybridized carbons (Fsp3) is 0.562. The molecule has 3 nitrogen and oxygen atoms in total. The van der Waals surface area contributed by atoms with E-state index in [2.05, 4.69) is 33.0 Å². The average molecular weight is 337 g/mol. The molecule has 0 N–H and O–H groups in total. The third-order valence-electron chi connectivity index (χ3n) is 4.41. The molecule has 1 aliphatic heterocycles. The largest absolute Gasteiger partial charge is 0.336 e. The highest BCUT2D eigenvalue weighted by Gasteiger charge is 2.22. The number of amides is 1. The Hall–Kier alpha value is -0.870. The Morgan fingerprint density at radius 2 is 1.85 bits per heavy atom. The monoisotopic (exact) mass is 336 g/mol. The van der Waals surface area contributed by atoms with Crippen LogP contribution in [-0.4, -0.2) is 53.8 Å². The molecule has 1 saturated heterocycles. The van der Waals surface area contributed by atoms with Gasteiger partial charge < -0.3 is 4.90 Å². The Labute approximate surface area is 129 Å². The lowest BCUT2D eigenvalue weighted by atomic mass is 10.1. The van der Waals surface area contributed by atoms with Crippen molar-refractivity contribution in [2.24, 2.45) is 0 Å². The van der Waals surface area contributed by atoms with E-state index in [9.17, 15) is 4.79 Å². The van der Waals surface area contributed by atoms with Gasteiger partial charge in [0.1, 0.15) is 0 Å². The second-order valence-corrected chi connectivity index (χ2v) is 6.45. The first-order chi connectivity index (χ1) is 9.78. The fourth-order valence-electron chi connectivity index (χ4n) is 3.18. The number of benzene rings is 1. The number of fused-ring (bicyclic) bond motifs is 1. The summed E-state index contributed by atoms with van der Waals surface area (Å²) in [6, 6.07) is 6.28. The lowest BCUT2D eigenvalue weighted by molar-refractivity contribution is 0.0645. The summed E-state index contributed by atoms with van der Waals surface area (Å²) < 4.78 is 0. The average Bonchev–Trinajstić information content (AvgIpc) is 2.95. The number of rotatable bonds is 3. The van der Waals surface area contributed by atoms with E-state index >= 15 is 0 Å². The van der Waals surface area contributed by atoms with Crippen molar-refractivity contribution in [3.8, 4) is 0 Å². The van der Waals surface area contributed by atoms with Gasteiger partial charge in [0.25, 0.3) is 5.91 Å². The Morgan fingerprint density at radius 3 is 2.60 bits per heavy atom. The molecule has 20 heavy (non-hydrogen) atoms. The molecule has 0 atom stereocenters. The van der Waals surface area contributed by atoms with Crippen molar-refractivity contribution in [3.63, 3.8) is 0 Å². The molecule has 2 aliphatic rings. The first-order valence-corrected chi connectivity index (χ1v) is 8.59. The predicted molar refractivity (Wildman–Crippen MR) is 84.6 cm³/mol. The van der Waals surface area contributed by atoms with Gasteiger partial charge in [-0.15, -0.1) is 0 Å². The van der Waals surface area contributed by atoms with Crippen molar-refractivity contribution >= 4 is 21.8 Å². The lowest BCUT2D eigenvalue weighted by Gasteiger charge is -2.34. The molecule has 0 unspecified atom stereocenters. The summed E-state index contributed by atoms with van der Waals surface area (Å²) >= 11 is 3.47. The second-order valence-electron chi connectivity index (χ2n) is 5.66. The summed E-state index contributed by atoms with van der Waals surface area (Å²) in [4.78, 5) is 17.0. The van der Waals surface area contributed by atoms with Crippen LogP contribution in [0.5, 0.6) is 0 Å². The van der Waals surface area contributed by atoms with E-state index in [1.54, 1.807) is 0 Å². The molecule has 1 aromatic rings. The number of hydrogen-bond donors (Lipinski definition) is 0. The number of aryl methyl sites for hydroxylation is 2. The van der Waals surface area contributed by atoms with Crippen molar-refractivity contribution in [2.45, 2.75) is 19.3 Å². The summed E-state index contributed by atoms with van der Waals surface area (Å²) in [5.74, 6) is 0.207. The van der Waals surface area contributed by atoms with Crippen LogP contribution < -0.4 is 0 Å². The first-order valence-electron chi connectivity index (χ1n) is 7.47. The number of halogens is 1. The molecular weight excluding hydrogens is 316 g/mol. The van der Waals surface area contributed by atoms with Crippen molar-refractivity contribution in [2.75, 3.05) is 38.1 Å². The molecule has 1 aliphatic carbocycles. The second kappa shape index (κ2) is 6.27. The third kappa shape index (κ3) is 2.91. The summed E-state index contributed by atoms with van der Waals surface area (Å²) in [7, 11) is 0. The van der Waals surface area contributed by atoms with E-state index in [0.717, 1.165) is 50.0 Å². The van der Waals surface area contributed by atoms with Crippen molar-refractivity contribution in [1.29, 1.82) is 0 Å². The fourth-order valence-corrected chi connectivity index (χ4v) is 3.68. The Morgan fingerprint density at radius 1 is 1.10 bits per heavy atom. The molecular formula is C16H21BrN2O. The molecule has 0 bridgehead atoms. The van der Waals surface area contributed by atoms with Gasteiger partial charge >= 0.3 is 0 Å². The standard InChI is InChI=1S/C16H21BrN2O/c17-6-7-18-8-10-19(11-9-18)16(20)15-5-4-13-2-1-3-14(13)12-15/h4-5,12H,1-3,6-11H2. The maximum Gasteiger partial charge on any atom is 0.253 e. The highest BCUT2D eigenvalue weighted by molar-refractivity contribution is 9.09. The van der Waals surface area contributed by atoms with Gasteiger partial charge in [-0.3, -0.25) is 9.69 Å². The van der Waals surface area contributed by atoms with Crippen LogP contribution in [0.15, 0.2) is 18.2 Å². The number of carbonyl (C=O) groups excluding carboxylic acids is 1. The number of piperazine rings is 1. The maximum atomic E-state index is 12.6. The quantitative estimate of drug-likeness (QED) is 0.791. The third-order valence-corrected chi connectivity index (χ3v) is 4.76. The van der Waals surface area contributed by atoms with Crippen LogP contribution in [0.1, 0.15) is 27.9 Å². The molecule has 0 aromatic heterocycles. The van der Waals surface area contributed by atoms with Crippen molar-refractivity contribution in [1.82, 2.24) is 9.80 Å². The lowest BCUT2D eigenvalue weighted by Crippen LogP contribution is -2.49. The van der Waals surface area contributed by atoms with E-state index in [0.29, 0.717) is 0 Å². The minimum Gasteiger partial charge on any atom is -0.336 e. The first kappa shape index (κ1) is 14.1. The van der Waals surface area contributed by atoms with Crippen molar-refractivity contribution in [3.05, 3.63) is 34.9 Å². The van der Waals surface area contributed by atoms with E-state index in [-0.39, 0.29) is 5.91 Å². The summed E-state index contributed by atoms with van der Waals surface area (Å²) in [6.45, 7) is 4.75. The van der Waals surface area contributed by atoms with E-state index in [4.69, 9.17) is 0 Å². The van der Waals surface area contributed by atoms with E-state index in [1.807, 2.05) is 11.0 Å². The Kier molecular flexibility index (Phi) is 4.41. The topological polar surface area (TPSA) is 23.6 Å². The van der Waals surface area contributed by atoms with Gasteiger partial charge in [-0.05, 0) is 42.5 Å². The van der Waals surface area contributed by atoms with Gasteiger partial charge in [0.15, 0.2) is 0 Å². The zero-order valence-corrected chi connectivity index (χ0v) is 13.4. The molecule has 0 radical (unpaired) electrons. The highest BCUT2D eigenvalue weighted by Crippen LogP contribution is 2.23. The highest BCUT2D eigenvalue weighted by atomic mass is 79.9. The summed E-state index contributed by atoms with van der Waals surface area (Å²) in [5.41, 5.74) is 3.69. The SMILES string of the molecule is O=C(c1ccc2c(c1)CCC2)N1CCN(CCBr)CC1. The number of carbonyl (C=O) groups is 1. The summed E-state index contributed by atoms with van der Waals surface area (Å²) in [5, 5.41) is 1.01. The molecule has 3 rings (SSSR count). The minimum absolute atomic E-state index is 0.207. The Balaban J connectivity index is 1.65. The number of hydrogen-bond acceptors (Lipinski definition) is 2. The van der Waals surface area contributed by atoms with Crippen LogP contribution in [-0.2, 0) is 12.8 Å². The Bertz CT molecular complexity index is 495. The zero-order valence-electron chi connectivity index (χ0n) is 11.8. The van der Waals surface area contributed by atoms with Crippen LogP contribution in [0.25, 0.3) is 0 Å². The van der Waals surface area contributed by atoms with Crippen LogP contribution in [0.3, 0.4) is 0 Å². The molecule has 4 heteroatoms. The number of nitrogens with zero attached hydrogens (tertiary/aromatic N) is 2. The molecule has 1 fully saturated rings. The molecule has 108 valence electrons. The predicted octanol–water partition coefficient (Wildman–Crippen LogP) is 2.33. The molecule has 0 saturated carbocycles. The normalized spacial score (nSPS) is 19.1.